The van der Waals surface area contributed by atoms with E-state index in [-0.39, 0.29) is 5.56 Å². The standard InChI is InChI=1S/C18H21FO2/c1-4-12(2)14-8-5-6-10-16(14)21-17-11-7-9-15(19)18(17)13(3)20/h5-13,20H,4H2,1-3H3. The number of hydrogen-bond acceptors (Lipinski definition) is 2. The van der Waals surface area contributed by atoms with E-state index in [1.165, 1.54) is 13.0 Å². The first kappa shape index (κ1) is 15.5. The van der Waals surface area contributed by atoms with Crippen molar-refractivity contribution in [2.45, 2.75) is 39.2 Å². The third-order valence-electron chi connectivity index (χ3n) is 3.71. The zero-order valence-corrected chi connectivity index (χ0v) is 12.6. The highest BCUT2D eigenvalue weighted by molar-refractivity contribution is 5.43. The molecule has 2 atom stereocenters. The van der Waals surface area contributed by atoms with E-state index in [1.807, 2.05) is 24.3 Å². The molecule has 112 valence electrons. The molecule has 2 nitrogen and oxygen atoms in total. The number of para-hydroxylation sites is 1. The van der Waals surface area contributed by atoms with E-state index < -0.39 is 11.9 Å². The molecular formula is C18H21FO2. The molecule has 21 heavy (non-hydrogen) atoms. The average molecular weight is 288 g/mol. The minimum Gasteiger partial charge on any atom is -0.457 e. The van der Waals surface area contributed by atoms with Gasteiger partial charge >= 0.3 is 0 Å². The van der Waals surface area contributed by atoms with Gasteiger partial charge in [0.2, 0.25) is 0 Å². The smallest absolute Gasteiger partial charge is 0.136 e. The fraction of sp³-hybridized carbons (Fsp3) is 0.333. The van der Waals surface area contributed by atoms with Crippen LogP contribution in [-0.2, 0) is 0 Å². The van der Waals surface area contributed by atoms with Crippen LogP contribution >= 0.6 is 0 Å². The molecule has 0 aliphatic rings. The summed E-state index contributed by atoms with van der Waals surface area (Å²) in [6.45, 7) is 5.78. The lowest BCUT2D eigenvalue weighted by Crippen LogP contribution is -2.02. The van der Waals surface area contributed by atoms with E-state index in [2.05, 4.69) is 13.8 Å². The van der Waals surface area contributed by atoms with Gasteiger partial charge in [-0.1, -0.05) is 38.1 Å². The lowest BCUT2D eigenvalue weighted by molar-refractivity contribution is 0.190. The largest absolute Gasteiger partial charge is 0.457 e. The van der Waals surface area contributed by atoms with Crippen molar-refractivity contribution in [1.82, 2.24) is 0 Å². The van der Waals surface area contributed by atoms with Crippen LogP contribution in [0.1, 0.15) is 50.3 Å². The van der Waals surface area contributed by atoms with Gasteiger partial charge in [-0.3, -0.25) is 0 Å². The Morgan fingerprint density at radius 3 is 2.38 bits per heavy atom. The van der Waals surface area contributed by atoms with Crippen molar-refractivity contribution < 1.29 is 14.2 Å². The maximum absolute atomic E-state index is 13.9. The fourth-order valence-electron chi connectivity index (χ4n) is 2.33. The second-order valence-electron chi connectivity index (χ2n) is 5.28. The first-order valence-electron chi connectivity index (χ1n) is 7.27. The van der Waals surface area contributed by atoms with Gasteiger partial charge in [-0.15, -0.1) is 0 Å². The van der Waals surface area contributed by atoms with E-state index in [4.69, 9.17) is 4.74 Å². The number of aliphatic hydroxyl groups is 1. The van der Waals surface area contributed by atoms with Crippen LogP contribution in [0.3, 0.4) is 0 Å². The second kappa shape index (κ2) is 6.72. The summed E-state index contributed by atoms with van der Waals surface area (Å²) in [7, 11) is 0. The molecule has 0 heterocycles. The average Bonchev–Trinajstić information content (AvgIpc) is 2.46. The van der Waals surface area contributed by atoms with Gasteiger partial charge in [-0.25, -0.2) is 4.39 Å². The van der Waals surface area contributed by atoms with E-state index >= 15 is 0 Å². The van der Waals surface area contributed by atoms with Crippen molar-refractivity contribution in [2.24, 2.45) is 0 Å². The molecule has 2 rings (SSSR count). The van der Waals surface area contributed by atoms with Gasteiger partial charge in [0.25, 0.3) is 0 Å². The van der Waals surface area contributed by atoms with Gasteiger partial charge in [0, 0.05) is 0 Å². The van der Waals surface area contributed by atoms with Crippen LogP contribution in [0.15, 0.2) is 42.5 Å². The van der Waals surface area contributed by atoms with E-state index in [0.717, 1.165) is 12.0 Å². The molecule has 2 aromatic rings. The number of hydrogen-bond donors (Lipinski definition) is 1. The van der Waals surface area contributed by atoms with Crippen molar-refractivity contribution in [1.29, 1.82) is 0 Å². The minimum atomic E-state index is -0.919. The van der Waals surface area contributed by atoms with Crippen LogP contribution in [0.5, 0.6) is 11.5 Å². The van der Waals surface area contributed by atoms with Crippen molar-refractivity contribution in [2.75, 3.05) is 0 Å². The summed E-state index contributed by atoms with van der Waals surface area (Å²) in [4.78, 5) is 0. The van der Waals surface area contributed by atoms with Crippen LogP contribution in [-0.4, -0.2) is 5.11 Å². The highest BCUT2D eigenvalue weighted by Gasteiger charge is 2.17. The zero-order chi connectivity index (χ0) is 15.4. The zero-order valence-electron chi connectivity index (χ0n) is 12.6. The maximum atomic E-state index is 13.9. The summed E-state index contributed by atoms with van der Waals surface area (Å²) in [6.07, 6.45) is 0.0734. The topological polar surface area (TPSA) is 29.5 Å². The third kappa shape index (κ3) is 3.42. The highest BCUT2D eigenvalue weighted by atomic mass is 19.1. The molecule has 0 saturated carbocycles. The van der Waals surface area contributed by atoms with Crippen molar-refractivity contribution in [3.63, 3.8) is 0 Å². The normalized spacial score (nSPS) is 13.8. The predicted octanol–water partition coefficient (Wildman–Crippen LogP) is 5.18. The van der Waals surface area contributed by atoms with E-state index in [9.17, 15) is 9.50 Å². The molecule has 0 saturated heterocycles. The SMILES string of the molecule is CCC(C)c1ccccc1Oc1cccc(F)c1C(C)O. The number of benzene rings is 2. The third-order valence-corrected chi connectivity index (χ3v) is 3.71. The van der Waals surface area contributed by atoms with Crippen molar-refractivity contribution in [3.8, 4) is 11.5 Å². The molecule has 0 amide bonds. The Kier molecular flexibility index (Phi) is 4.97. The molecule has 3 heteroatoms. The molecular weight excluding hydrogens is 267 g/mol. The van der Waals surface area contributed by atoms with Gasteiger partial charge in [-0.2, -0.15) is 0 Å². The number of ether oxygens (including phenoxy) is 1. The lowest BCUT2D eigenvalue weighted by Gasteiger charge is -2.18. The summed E-state index contributed by atoms with van der Waals surface area (Å²) in [5.41, 5.74) is 1.28. The Balaban J connectivity index is 2.42. The molecule has 2 aromatic carbocycles. The Labute approximate surface area is 125 Å². The summed E-state index contributed by atoms with van der Waals surface area (Å²) >= 11 is 0. The van der Waals surface area contributed by atoms with Crippen molar-refractivity contribution in [3.05, 3.63) is 59.4 Å². The molecule has 0 spiro atoms. The Hall–Kier alpha value is -1.87. The van der Waals surface area contributed by atoms with Gasteiger partial charge < -0.3 is 9.84 Å². The van der Waals surface area contributed by atoms with Gasteiger partial charge in [0.1, 0.15) is 17.3 Å². The van der Waals surface area contributed by atoms with Crippen LogP contribution in [0.4, 0.5) is 4.39 Å². The second-order valence-corrected chi connectivity index (χ2v) is 5.28. The van der Waals surface area contributed by atoms with Crippen LogP contribution < -0.4 is 4.74 Å². The monoisotopic (exact) mass is 288 g/mol. The first-order chi connectivity index (χ1) is 10.0. The summed E-state index contributed by atoms with van der Waals surface area (Å²) in [5.74, 6) is 0.966. The molecule has 0 fully saturated rings. The van der Waals surface area contributed by atoms with E-state index in [0.29, 0.717) is 17.4 Å². The molecule has 0 bridgehead atoms. The van der Waals surface area contributed by atoms with Crippen molar-refractivity contribution >= 4 is 0 Å². The summed E-state index contributed by atoms with van der Waals surface area (Å²) in [6, 6.07) is 12.3. The number of halogens is 1. The molecule has 0 aliphatic carbocycles. The minimum absolute atomic E-state index is 0.191. The first-order valence-corrected chi connectivity index (χ1v) is 7.27. The predicted molar refractivity (Wildman–Crippen MR) is 82.3 cm³/mol. The van der Waals surface area contributed by atoms with Gasteiger partial charge in [0.15, 0.2) is 0 Å². The lowest BCUT2D eigenvalue weighted by atomic mass is 9.98. The fourth-order valence-corrected chi connectivity index (χ4v) is 2.33. The van der Waals surface area contributed by atoms with Crippen LogP contribution in [0.2, 0.25) is 0 Å². The highest BCUT2D eigenvalue weighted by Crippen LogP contribution is 2.35. The Morgan fingerprint density at radius 2 is 1.71 bits per heavy atom. The summed E-state index contributed by atoms with van der Waals surface area (Å²) < 4.78 is 19.8. The maximum Gasteiger partial charge on any atom is 0.136 e. The Bertz CT molecular complexity index is 608. The molecule has 2 unspecified atom stereocenters. The number of rotatable bonds is 5. The molecule has 0 radical (unpaired) electrons. The van der Waals surface area contributed by atoms with Gasteiger partial charge in [0.05, 0.1) is 11.7 Å². The molecule has 1 N–H and O–H groups in total. The van der Waals surface area contributed by atoms with Crippen LogP contribution in [0.25, 0.3) is 0 Å². The van der Waals surface area contributed by atoms with Crippen LogP contribution in [0, 0.1) is 5.82 Å². The quantitative estimate of drug-likeness (QED) is 0.821. The Morgan fingerprint density at radius 1 is 1.05 bits per heavy atom. The molecule has 0 aromatic heterocycles. The summed E-state index contributed by atoms with van der Waals surface area (Å²) in [5, 5.41) is 9.77. The molecule has 0 aliphatic heterocycles. The van der Waals surface area contributed by atoms with Gasteiger partial charge in [-0.05, 0) is 43.0 Å². The van der Waals surface area contributed by atoms with E-state index in [1.54, 1.807) is 12.1 Å². The number of aliphatic hydroxyl groups excluding tert-OH is 1.